The monoisotopic (exact) mass is 234 g/mol. The van der Waals surface area contributed by atoms with Crippen LogP contribution in [0.2, 0.25) is 0 Å². The van der Waals surface area contributed by atoms with E-state index >= 15 is 0 Å². The second-order valence-corrected chi connectivity index (χ2v) is 5.09. The number of benzene rings is 1. The highest BCUT2D eigenvalue weighted by Crippen LogP contribution is 2.24. The van der Waals surface area contributed by atoms with Crippen molar-refractivity contribution >= 4 is 11.5 Å². The highest BCUT2D eigenvalue weighted by atomic mass is 16.4. The molecule has 0 aromatic heterocycles. The number of aliphatic hydroxyl groups is 1. The van der Waals surface area contributed by atoms with E-state index in [1.165, 1.54) is 0 Å². The van der Waals surface area contributed by atoms with Gasteiger partial charge < -0.3 is 10.2 Å². The fraction of sp³-hybridized carbons (Fsp3) is 0.357. The number of carboxylic acids is 1. The third-order valence-corrected chi connectivity index (χ3v) is 2.69. The van der Waals surface area contributed by atoms with Crippen LogP contribution in [0.15, 0.2) is 30.8 Å². The summed E-state index contributed by atoms with van der Waals surface area (Å²) in [6, 6.07) is 7.42. The van der Waals surface area contributed by atoms with Crippen LogP contribution >= 0.6 is 0 Å². The molecule has 1 aromatic rings. The highest BCUT2D eigenvalue weighted by Gasteiger charge is 2.19. The summed E-state index contributed by atoms with van der Waals surface area (Å²) in [6.45, 7) is 9.91. The van der Waals surface area contributed by atoms with Gasteiger partial charge in [0.2, 0.25) is 0 Å². The molecule has 1 atom stereocenters. The van der Waals surface area contributed by atoms with E-state index in [0.717, 1.165) is 5.56 Å². The molecule has 17 heavy (non-hydrogen) atoms. The lowest BCUT2D eigenvalue weighted by Crippen LogP contribution is -2.20. The van der Waals surface area contributed by atoms with Crippen molar-refractivity contribution in [3.63, 3.8) is 0 Å². The topological polar surface area (TPSA) is 57.5 Å². The van der Waals surface area contributed by atoms with Crippen LogP contribution in [0, 0.1) is 0 Å². The van der Waals surface area contributed by atoms with Gasteiger partial charge in [-0.2, -0.15) is 0 Å². The Hall–Kier alpha value is -1.61. The van der Waals surface area contributed by atoms with Gasteiger partial charge in [0, 0.05) is 0 Å². The van der Waals surface area contributed by atoms with Crippen molar-refractivity contribution in [2.45, 2.75) is 32.3 Å². The molecule has 0 amide bonds. The third-order valence-electron chi connectivity index (χ3n) is 2.69. The lowest BCUT2D eigenvalue weighted by molar-refractivity contribution is -0.143. The molecule has 0 bridgehead atoms. The van der Waals surface area contributed by atoms with Gasteiger partial charge in [-0.15, -0.1) is 0 Å². The second-order valence-electron chi connectivity index (χ2n) is 5.09. The Kier molecular flexibility index (Phi) is 3.73. The predicted molar refractivity (Wildman–Crippen MR) is 67.8 cm³/mol. The van der Waals surface area contributed by atoms with Gasteiger partial charge in [0.25, 0.3) is 0 Å². The van der Waals surface area contributed by atoms with E-state index in [0.29, 0.717) is 5.56 Å². The maximum atomic E-state index is 10.6. The van der Waals surface area contributed by atoms with Crippen molar-refractivity contribution in [2.75, 3.05) is 0 Å². The molecule has 0 fully saturated rings. The van der Waals surface area contributed by atoms with E-state index in [1.54, 1.807) is 12.1 Å². The number of hydrogen-bond acceptors (Lipinski definition) is 2. The fourth-order valence-electron chi connectivity index (χ4n) is 1.49. The summed E-state index contributed by atoms with van der Waals surface area (Å²) in [5.41, 5.74) is 2.05. The van der Waals surface area contributed by atoms with Gasteiger partial charge in [-0.05, 0) is 22.1 Å². The molecule has 0 spiro atoms. The van der Waals surface area contributed by atoms with E-state index in [-0.39, 0.29) is 11.0 Å². The lowest BCUT2D eigenvalue weighted by Gasteiger charge is -2.19. The van der Waals surface area contributed by atoms with Crippen molar-refractivity contribution < 1.29 is 15.0 Å². The lowest BCUT2D eigenvalue weighted by atomic mass is 9.86. The van der Waals surface area contributed by atoms with Crippen LogP contribution in [0.1, 0.15) is 31.9 Å². The van der Waals surface area contributed by atoms with Crippen molar-refractivity contribution in [3.05, 3.63) is 42.0 Å². The quantitative estimate of drug-likeness (QED) is 0.844. The van der Waals surface area contributed by atoms with E-state index in [1.807, 2.05) is 12.1 Å². The zero-order valence-corrected chi connectivity index (χ0v) is 10.4. The number of aliphatic carboxylic acids is 1. The minimum atomic E-state index is -1.55. The van der Waals surface area contributed by atoms with Crippen LogP contribution in [0.4, 0.5) is 0 Å². The van der Waals surface area contributed by atoms with Crippen LogP contribution in [-0.4, -0.2) is 22.3 Å². The van der Waals surface area contributed by atoms with Gasteiger partial charge in [-0.1, -0.05) is 51.6 Å². The number of carboxylic acid groups (broad SMARTS) is 1. The zero-order valence-electron chi connectivity index (χ0n) is 10.4. The maximum Gasteiger partial charge on any atom is 0.337 e. The Morgan fingerprint density at radius 3 is 2.06 bits per heavy atom. The van der Waals surface area contributed by atoms with Crippen LogP contribution in [0.5, 0.6) is 0 Å². The zero-order chi connectivity index (χ0) is 13.2. The normalized spacial score (nSPS) is 13.2. The van der Waals surface area contributed by atoms with Gasteiger partial charge in [0.05, 0.1) is 0 Å². The first-order valence-electron chi connectivity index (χ1n) is 5.44. The van der Waals surface area contributed by atoms with Crippen molar-refractivity contribution in [1.82, 2.24) is 0 Å². The van der Waals surface area contributed by atoms with Gasteiger partial charge in [0.1, 0.15) is 0 Å². The molecule has 3 heteroatoms. The Bertz CT molecular complexity index is 424. The average molecular weight is 234 g/mol. The molecular formula is C14H18O3. The number of carbonyl (C=O) groups is 1. The van der Waals surface area contributed by atoms with Crippen LogP contribution in [0.25, 0.3) is 5.57 Å². The number of hydrogen-bond donors (Lipinski definition) is 2. The van der Waals surface area contributed by atoms with Crippen LogP contribution < -0.4 is 0 Å². The molecule has 0 aliphatic heterocycles. The second kappa shape index (κ2) is 4.72. The molecule has 0 aliphatic rings. The molecule has 0 aliphatic carbocycles. The summed E-state index contributed by atoms with van der Waals surface area (Å²) in [6.07, 6.45) is -1.55. The molecule has 0 saturated carbocycles. The summed E-state index contributed by atoms with van der Waals surface area (Å²) in [4.78, 5) is 10.6. The highest BCUT2D eigenvalue weighted by molar-refractivity contribution is 5.88. The summed E-state index contributed by atoms with van der Waals surface area (Å²) in [5, 5.41) is 18.1. The van der Waals surface area contributed by atoms with E-state index in [2.05, 4.69) is 27.4 Å². The molecule has 3 nitrogen and oxygen atoms in total. The largest absolute Gasteiger partial charge is 0.479 e. The van der Waals surface area contributed by atoms with E-state index in [4.69, 9.17) is 5.11 Å². The van der Waals surface area contributed by atoms with E-state index in [9.17, 15) is 9.90 Å². The average Bonchev–Trinajstić information content (AvgIpc) is 2.26. The third kappa shape index (κ3) is 3.17. The Morgan fingerprint density at radius 2 is 1.71 bits per heavy atom. The number of rotatable bonds is 3. The Labute approximate surface area is 101 Å². The molecule has 0 radical (unpaired) electrons. The molecule has 0 heterocycles. The Morgan fingerprint density at radius 1 is 1.24 bits per heavy atom. The fourth-order valence-corrected chi connectivity index (χ4v) is 1.49. The predicted octanol–water partition coefficient (Wildman–Crippen LogP) is 2.44. The summed E-state index contributed by atoms with van der Waals surface area (Å²) < 4.78 is 0. The SMILES string of the molecule is C=C(c1ccc(C(C)(C)C)cc1)C(O)C(=O)O. The Balaban J connectivity index is 2.96. The summed E-state index contributed by atoms with van der Waals surface area (Å²) >= 11 is 0. The van der Waals surface area contributed by atoms with Gasteiger partial charge in [-0.3, -0.25) is 0 Å². The standard InChI is InChI=1S/C14H18O3/c1-9(12(15)13(16)17)10-5-7-11(8-6-10)14(2,3)4/h5-8,12,15H,1H2,2-4H3,(H,16,17). The van der Waals surface area contributed by atoms with Crippen molar-refractivity contribution in [2.24, 2.45) is 0 Å². The van der Waals surface area contributed by atoms with Crippen LogP contribution in [-0.2, 0) is 10.2 Å². The van der Waals surface area contributed by atoms with Gasteiger partial charge in [-0.25, -0.2) is 4.79 Å². The first-order chi connectivity index (χ1) is 7.73. The van der Waals surface area contributed by atoms with Crippen molar-refractivity contribution in [3.8, 4) is 0 Å². The van der Waals surface area contributed by atoms with Crippen molar-refractivity contribution in [1.29, 1.82) is 0 Å². The maximum absolute atomic E-state index is 10.6. The molecule has 1 unspecified atom stereocenters. The molecule has 0 saturated heterocycles. The summed E-state index contributed by atoms with van der Waals surface area (Å²) in [7, 11) is 0. The minimum absolute atomic E-state index is 0.0469. The van der Waals surface area contributed by atoms with Gasteiger partial charge in [0.15, 0.2) is 6.10 Å². The first-order valence-corrected chi connectivity index (χ1v) is 5.44. The molecule has 1 rings (SSSR count). The molecule has 2 N–H and O–H groups in total. The number of aliphatic hydroxyl groups excluding tert-OH is 1. The molecular weight excluding hydrogens is 216 g/mol. The summed E-state index contributed by atoms with van der Waals surface area (Å²) in [5.74, 6) is -1.28. The molecule has 92 valence electrons. The first kappa shape index (κ1) is 13.5. The van der Waals surface area contributed by atoms with E-state index < -0.39 is 12.1 Å². The smallest absolute Gasteiger partial charge is 0.337 e. The van der Waals surface area contributed by atoms with Gasteiger partial charge >= 0.3 is 5.97 Å². The van der Waals surface area contributed by atoms with Crippen LogP contribution in [0.3, 0.4) is 0 Å². The molecule has 1 aromatic carbocycles. The minimum Gasteiger partial charge on any atom is -0.479 e.